The van der Waals surface area contributed by atoms with Crippen LogP contribution in [0.2, 0.25) is 0 Å². The normalized spacial score (nSPS) is 15.9. The van der Waals surface area contributed by atoms with Gasteiger partial charge in [0.25, 0.3) is 0 Å². The van der Waals surface area contributed by atoms with Gasteiger partial charge in [0, 0.05) is 13.0 Å². The Morgan fingerprint density at radius 2 is 1.68 bits per heavy atom. The molecule has 0 radical (unpaired) electrons. The molecule has 3 rings (SSSR count). The number of amides is 1. The standard InChI is InChI=1S/C24H32N2O4S/c1-19-6-12-22(13-7-19)31(28,29)17-14-24(27)25-18-23(26-15-4-3-5-16-26)20-8-10-21(30-2)11-9-20/h6-13,23H,3-5,14-18H2,1-2H3,(H,25,27)/t23-/m0/s1. The molecule has 168 valence electrons. The minimum Gasteiger partial charge on any atom is -0.497 e. The van der Waals surface area contributed by atoms with E-state index in [1.807, 2.05) is 31.2 Å². The first-order valence-corrected chi connectivity index (χ1v) is 12.5. The molecular formula is C24H32N2O4S. The number of aryl methyl sites for hydroxylation is 1. The zero-order chi connectivity index (χ0) is 22.3. The molecule has 1 saturated heterocycles. The molecule has 7 heteroatoms. The summed E-state index contributed by atoms with van der Waals surface area (Å²) in [5, 5.41) is 2.96. The second-order valence-corrected chi connectivity index (χ2v) is 10.2. The number of rotatable bonds is 9. The van der Waals surface area contributed by atoms with Gasteiger partial charge in [0.2, 0.25) is 5.91 Å². The Kier molecular flexibility index (Phi) is 8.09. The van der Waals surface area contributed by atoms with E-state index in [1.165, 1.54) is 6.42 Å². The molecule has 0 unspecified atom stereocenters. The van der Waals surface area contributed by atoms with E-state index in [4.69, 9.17) is 4.74 Å². The van der Waals surface area contributed by atoms with Crippen molar-refractivity contribution in [3.05, 3.63) is 59.7 Å². The number of hydrogen-bond acceptors (Lipinski definition) is 5. The molecule has 1 heterocycles. The van der Waals surface area contributed by atoms with Gasteiger partial charge >= 0.3 is 0 Å². The first kappa shape index (κ1) is 23.3. The summed E-state index contributed by atoms with van der Waals surface area (Å²) in [7, 11) is -1.84. The van der Waals surface area contributed by atoms with Crippen molar-refractivity contribution in [1.82, 2.24) is 10.2 Å². The Bertz CT molecular complexity index is 950. The number of carbonyl (C=O) groups is 1. The van der Waals surface area contributed by atoms with Crippen LogP contribution in [0.3, 0.4) is 0 Å². The molecule has 0 aromatic heterocycles. The van der Waals surface area contributed by atoms with E-state index in [-0.39, 0.29) is 29.0 Å². The lowest BCUT2D eigenvalue weighted by molar-refractivity contribution is -0.121. The number of nitrogens with zero attached hydrogens (tertiary/aromatic N) is 1. The predicted octanol–water partition coefficient (Wildman–Crippen LogP) is 3.51. The van der Waals surface area contributed by atoms with E-state index in [9.17, 15) is 13.2 Å². The summed E-state index contributed by atoms with van der Waals surface area (Å²) in [4.78, 5) is 15.1. The van der Waals surface area contributed by atoms with E-state index in [2.05, 4.69) is 10.2 Å². The molecule has 2 aromatic carbocycles. The number of methoxy groups -OCH3 is 1. The monoisotopic (exact) mass is 444 g/mol. The Balaban J connectivity index is 1.60. The number of carbonyl (C=O) groups excluding carboxylic acids is 1. The van der Waals surface area contributed by atoms with E-state index in [0.29, 0.717) is 6.54 Å². The van der Waals surface area contributed by atoms with Crippen molar-refractivity contribution in [2.75, 3.05) is 32.5 Å². The van der Waals surface area contributed by atoms with Crippen LogP contribution in [-0.2, 0) is 14.6 Å². The van der Waals surface area contributed by atoms with Crippen LogP contribution in [0, 0.1) is 6.92 Å². The van der Waals surface area contributed by atoms with Crippen molar-refractivity contribution in [2.24, 2.45) is 0 Å². The van der Waals surface area contributed by atoms with Crippen LogP contribution < -0.4 is 10.1 Å². The fourth-order valence-electron chi connectivity index (χ4n) is 3.90. The highest BCUT2D eigenvalue weighted by molar-refractivity contribution is 7.91. The van der Waals surface area contributed by atoms with Gasteiger partial charge in [-0.1, -0.05) is 36.2 Å². The molecular weight excluding hydrogens is 412 g/mol. The molecule has 0 aliphatic carbocycles. The largest absolute Gasteiger partial charge is 0.497 e. The summed E-state index contributed by atoms with van der Waals surface area (Å²) < 4.78 is 30.3. The molecule has 1 aliphatic heterocycles. The van der Waals surface area contributed by atoms with Crippen LogP contribution in [-0.4, -0.2) is 51.7 Å². The van der Waals surface area contributed by atoms with Crippen molar-refractivity contribution in [2.45, 2.75) is 43.5 Å². The predicted molar refractivity (Wildman–Crippen MR) is 122 cm³/mol. The number of hydrogen-bond donors (Lipinski definition) is 1. The van der Waals surface area contributed by atoms with Crippen LogP contribution in [0.5, 0.6) is 5.75 Å². The van der Waals surface area contributed by atoms with Gasteiger partial charge in [-0.25, -0.2) is 8.42 Å². The lowest BCUT2D eigenvalue weighted by Gasteiger charge is -2.35. The van der Waals surface area contributed by atoms with Crippen molar-refractivity contribution < 1.29 is 17.9 Å². The second kappa shape index (κ2) is 10.8. The van der Waals surface area contributed by atoms with Crippen molar-refractivity contribution in [3.8, 4) is 5.75 Å². The Hall–Kier alpha value is -2.38. The quantitative estimate of drug-likeness (QED) is 0.641. The SMILES string of the molecule is COc1ccc([C@H](CNC(=O)CCS(=O)(=O)c2ccc(C)cc2)N2CCCCC2)cc1. The summed E-state index contributed by atoms with van der Waals surface area (Å²) >= 11 is 0. The number of ether oxygens (including phenoxy) is 1. The summed E-state index contributed by atoms with van der Waals surface area (Å²) in [5.41, 5.74) is 2.12. The van der Waals surface area contributed by atoms with Crippen LogP contribution in [0.25, 0.3) is 0 Å². The summed E-state index contributed by atoms with van der Waals surface area (Å²) in [6.45, 7) is 4.35. The van der Waals surface area contributed by atoms with Crippen molar-refractivity contribution in [3.63, 3.8) is 0 Å². The van der Waals surface area contributed by atoms with E-state index in [0.717, 1.165) is 42.8 Å². The van der Waals surface area contributed by atoms with Crippen molar-refractivity contribution >= 4 is 15.7 Å². The Labute approximate surface area is 185 Å². The van der Waals surface area contributed by atoms with Gasteiger partial charge < -0.3 is 10.1 Å². The minimum atomic E-state index is -3.48. The van der Waals surface area contributed by atoms with Gasteiger partial charge in [0.1, 0.15) is 5.75 Å². The molecule has 0 spiro atoms. The number of piperidine rings is 1. The van der Waals surface area contributed by atoms with Crippen LogP contribution in [0.1, 0.15) is 42.9 Å². The molecule has 0 saturated carbocycles. The second-order valence-electron chi connectivity index (χ2n) is 8.07. The third-order valence-electron chi connectivity index (χ3n) is 5.80. The number of benzene rings is 2. The highest BCUT2D eigenvalue weighted by Gasteiger charge is 2.23. The average Bonchev–Trinajstić information content (AvgIpc) is 2.79. The van der Waals surface area contributed by atoms with Crippen LogP contribution in [0.4, 0.5) is 0 Å². The van der Waals surface area contributed by atoms with Gasteiger partial charge in [-0.15, -0.1) is 0 Å². The molecule has 1 atom stereocenters. The maximum absolute atomic E-state index is 12.5. The molecule has 1 N–H and O–H groups in total. The summed E-state index contributed by atoms with van der Waals surface area (Å²) in [6, 6.07) is 14.7. The third kappa shape index (κ3) is 6.55. The fraction of sp³-hybridized carbons (Fsp3) is 0.458. The maximum atomic E-state index is 12.5. The molecule has 1 amide bonds. The Morgan fingerprint density at radius 3 is 2.29 bits per heavy atom. The number of sulfone groups is 1. The van der Waals surface area contributed by atoms with E-state index < -0.39 is 9.84 Å². The van der Waals surface area contributed by atoms with Crippen molar-refractivity contribution in [1.29, 1.82) is 0 Å². The van der Waals surface area contributed by atoms with Gasteiger partial charge in [-0.3, -0.25) is 9.69 Å². The number of likely N-dealkylation sites (tertiary alicyclic amines) is 1. The first-order valence-electron chi connectivity index (χ1n) is 10.8. The smallest absolute Gasteiger partial charge is 0.221 e. The van der Waals surface area contributed by atoms with Gasteiger partial charge in [0.15, 0.2) is 9.84 Å². The molecule has 31 heavy (non-hydrogen) atoms. The summed E-state index contributed by atoms with van der Waals surface area (Å²) in [5.74, 6) is 0.358. The lowest BCUT2D eigenvalue weighted by Crippen LogP contribution is -2.40. The van der Waals surface area contributed by atoms with Gasteiger partial charge in [0.05, 0.1) is 23.8 Å². The van der Waals surface area contributed by atoms with Crippen LogP contribution >= 0.6 is 0 Å². The van der Waals surface area contributed by atoms with Gasteiger partial charge in [-0.2, -0.15) is 0 Å². The molecule has 2 aromatic rings. The fourth-order valence-corrected chi connectivity index (χ4v) is 5.14. The average molecular weight is 445 g/mol. The van der Waals surface area contributed by atoms with E-state index in [1.54, 1.807) is 31.4 Å². The summed E-state index contributed by atoms with van der Waals surface area (Å²) in [6.07, 6.45) is 3.48. The lowest BCUT2D eigenvalue weighted by atomic mass is 10.0. The maximum Gasteiger partial charge on any atom is 0.221 e. The molecule has 6 nitrogen and oxygen atoms in total. The third-order valence-corrected chi connectivity index (χ3v) is 7.53. The van der Waals surface area contributed by atoms with Crippen LogP contribution in [0.15, 0.2) is 53.4 Å². The Morgan fingerprint density at radius 1 is 1.03 bits per heavy atom. The highest BCUT2D eigenvalue weighted by atomic mass is 32.2. The number of nitrogens with one attached hydrogen (secondary N) is 1. The molecule has 1 aliphatic rings. The van der Waals surface area contributed by atoms with Gasteiger partial charge in [-0.05, 0) is 62.7 Å². The minimum absolute atomic E-state index is 0.0501. The molecule has 1 fully saturated rings. The highest BCUT2D eigenvalue weighted by Crippen LogP contribution is 2.26. The topological polar surface area (TPSA) is 75.7 Å². The first-order chi connectivity index (χ1) is 14.9. The zero-order valence-electron chi connectivity index (χ0n) is 18.3. The van der Waals surface area contributed by atoms with E-state index >= 15 is 0 Å². The molecule has 0 bridgehead atoms. The zero-order valence-corrected chi connectivity index (χ0v) is 19.2.